The summed E-state index contributed by atoms with van der Waals surface area (Å²) in [4.78, 5) is 32.9. The zero-order chi connectivity index (χ0) is 18.6. The minimum Gasteiger partial charge on any atom is -0.342 e. The Bertz CT molecular complexity index is 966. The van der Waals surface area contributed by atoms with Crippen molar-refractivity contribution < 1.29 is 4.79 Å². The number of amides is 1. The van der Waals surface area contributed by atoms with Gasteiger partial charge in [-0.3, -0.25) is 9.59 Å². The van der Waals surface area contributed by atoms with Gasteiger partial charge in [-0.05, 0) is 41.0 Å². The molecule has 2 aromatic heterocycles. The van der Waals surface area contributed by atoms with Crippen molar-refractivity contribution in [2.24, 2.45) is 0 Å². The topological polar surface area (TPSA) is 110 Å². The number of carbonyl (C=O) groups is 1. The number of piperidine rings is 1. The second kappa shape index (κ2) is 7.48. The molecule has 1 atom stereocenters. The van der Waals surface area contributed by atoms with Crippen molar-refractivity contribution in [3.8, 4) is 5.69 Å². The molecule has 1 N–H and O–H groups in total. The molecule has 3 heterocycles. The van der Waals surface area contributed by atoms with E-state index in [0.717, 1.165) is 36.3 Å². The van der Waals surface area contributed by atoms with Gasteiger partial charge in [0.2, 0.25) is 5.91 Å². The van der Waals surface area contributed by atoms with Gasteiger partial charge in [-0.25, -0.2) is 9.67 Å². The Morgan fingerprint density at radius 3 is 2.85 bits per heavy atom. The fourth-order valence-corrected chi connectivity index (χ4v) is 3.38. The molecule has 27 heavy (non-hydrogen) atoms. The standard InChI is InChI=1S/C18H19N7O2/c26-17-9-16(19-11-20-17)14-2-1-7-24(10-14)18(27)8-13-3-5-15(6-4-13)25-12-21-22-23-25/h3-6,9,11-12,14H,1-2,7-8,10H2,(H,19,20,26)/t14-/m1/s1. The number of nitrogens with one attached hydrogen (secondary N) is 1. The fraction of sp³-hybridized carbons (Fsp3) is 0.333. The second-order valence-electron chi connectivity index (χ2n) is 6.61. The smallest absolute Gasteiger partial charge is 0.250 e. The Morgan fingerprint density at radius 2 is 2.11 bits per heavy atom. The Morgan fingerprint density at radius 1 is 1.26 bits per heavy atom. The van der Waals surface area contributed by atoms with E-state index >= 15 is 0 Å². The average molecular weight is 365 g/mol. The SMILES string of the molecule is O=C(Cc1ccc(-n2cnnn2)cc1)N1CCC[C@@H](c2cc(=O)[nH]cn2)C1. The number of hydrogen-bond donors (Lipinski definition) is 1. The number of tetrazole rings is 1. The third-order valence-electron chi connectivity index (χ3n) is 4.80. The summed E-state index contributed by atoms with van der Waals surface area (Å²) in [7, 11) is 0. The van der Waals surface area contributed by atoms with E-state index in [2.05, 4.69) is 25.5 Å². The third-order valence-corrected chi connectivity index (χ3v) is 4.80. The summed E-state index contributed by atoms with van der Waals surface area (Å²) in [6.45, 7) is 1.33. The van der Waals surface area contributed by atoms with Crippen LogP contribution in [0.4, 0.5) is 0 Å². The highest BCUT2D eigenvalue weighted by atomic mass is 16.2. The molecule has 0 bridgehead atoms. The van der Waals surface area contributed by atoms with Crippen LogP contribution in [0.2, 0.25) is 0 Å². The van der Waals surface area contributed by atoms with Gasteiger partial charge >= 0.3 is 0 Å². The van der Waals surface area contributed by atoms with Crippen LogP contribution in [-0.2, 0) is 11.2 Å². The zero-order valence-electron chi connectivity index (χ0n) is 14.7. The van der Waals surface area contributed by atoms with Crippen LogP contribution < -0.4 is 5.56 Å². The molecule has 1 aliphatic heterocycles. The predicted octanol–water partition coefficient (Wildman–Crippen LogP) is 0.694. The maximum absolute atomic E-state index is 12.7. The fourth-order valence-electron chi connectivity index (χ4n) is 3.38. The van der Waals surface area contributed by atoms with E-state index in [1.165, 1.54) is 18.7 Å². The van der Waals surface area contributed by atoms with E-state index in [1.807, 2.05) is 29.2 Å². The van der Waals surface area contributed by atoms with E-state index in [1.54, 1.807) is 4.68 Å². The van der Waals surface area contributed by atoms with Gasteiger partial charge < -0.3 is 9.88 Å². The number of carbonyl (C=O) groups excluding carboxylic acids is 1. The molecule has 9 heteroatoms. The van der Waals surface area contributed by atoms with Crippen LogP contribution in [-0.4, -0.2) is 54.1 Å². The van der Waals surface area contributed by atoms with E-state index in [-0.39, 0.29) is 17.4 Å². The summed E-state index contributed by atoms with van der Waals surface area (Å²) in [5.41, 5.74) is 2.37. The van der Waals surface area contributed by atoms with Gasteiger partial charge in [-0.1, -0.05) is 12.1 Å². The van der Waals surface area contributed by atoms with Crippen molar-refractivity contribution in [2.75, 3.05) is 13.1 Å². The number of aromatic nitrogens is 6. The molecule has 0 spiro atoms. The largest absolute Gasteiger partial charge is 0.342 e. The number of likely N-dealkylation sites (tertiary alicyclic amines) is 1. The molecule has 3 aromatic rings. The van der Waals surface area contributed by atoms with Crippen LogP contribution in [0.5, 0.6) is 0 Å². The van der Waals surface area contributed by atoms with Gasteiger partial charge in [-0.2, -0.15) is 0 Å². The minimum atomic E-state index is -0.161. The van der Waals surface area contributed by atoms with Gasteiger partial charge in [-0.15, -0.1) is 5.10 Å². The van der Waals surface area contributed by atoms with Crippen molar-refractivity contribution in [1.82, 2.24) is 35.1 Å². The van der Waals surface area contributed by atoms with E-state index < -0.39 is 0 Å². The summed E-state index contributed by atoms with van der Waals surface area (Å²) in [5.74, 6) is 0.187. The van der Waals surface area contributed by atoms with Gasteiger partial charge in [0.1, 0.15) is 6.33 Å². The van der Waals surface area contributed by atoms with Crippen molar-refractivity contribution in [3.63, 3.8) is 0 Å². The summed E-state index contributed by atoms with van der Waals surface area (Å²) >= 11 is 0. The predicted molar refractivity (Wildman–Crippen MR) is 96.3 cm³/mol. The van der Waals surface area contributed by atoms with Gasteiger partial charge in [0.15, 0.2) is 0 Å². The number of rotatable bonds is 4. The molecular weight excluding hydrogens is 346 g/mol. The lowest BCUT2D eigenvalue weighted by molar-refractivity contribution is -0.131. The summed E-state index contributed by atoms with van der Waals surface area (Å²) in [5, 5.41) is 11.1. The molecule has 0 radical (unpaired) electrons. The lowest BCUT2D eigenvalue weighted by Gasteiger charge is -2.32. The molecule has 1 aromatic carbocycles. The molecule has 0 unspecified atom stereocenters. The maximum Gasteiger partial charge on any atom is 0.250 e. The zero-order valence-corrected chi connectivity index (χ0v) is 14.7. The van der Waals surface area contributed by atoms with Crippen LogP contribution in [0, 0.1) is 0 Å². The quantitative estimate of drug-likeness (QED) is 0.729. The van der Waals surface area contributed by atoms with Crippen molar-refractivity contribution in [3.05, 3.63) is 64.6 Å². The first kappa shape index (κ1) is 17.1. The first-order valence-corrected chi connectivity index (χ1v) is 8.84. The normalized spacial score (nSPS) is 17.0. The van der Waals surface area contributed by atoms with Crippen molar-refractivity contribution >= 4 is 5.91 Å². The highest BCUT2D eigenvalue weighted by Gasteiger charge is 2.25. The number of H-pyrrole nitrogens is 1. The first-order chi connectivity index (χ1) is 13.2. The Balaban J connectivity index is 1.41. The minimum absolute atomic E-state index is 0.0831. The maximum atomic E-state index is 12.7. The van der Waals surface area contributed by atoms with E-state index in [9.17, 15) is 9.59 Å². The van der Waals surface area contributed by atoms with Crippen LogP contribution in [0.15, 0.2) is 47.8 Å². The van der Waals surface area contributed by atoms with Crippen molar-refractivity contribution in [1.29, 1.82) is 0 Å². The average Bonchev–Trinajstić information content (AvgIpc) is 3.23. The number of hydrogen-bond acceptors (Lipinski definition) is 6. The third kappa shape index (κ3) is 3.91. The highest BCUT2D eigenvalue weighted by Crippen LogP contribution is 2.25. The molecule has 0 aliphatic carbocycles. The Kier molecular flexibility index (Phi) is 4.73. The molecule has 0 saturated carbocycles. The molecule has 1 fully saturated rings. The molecular formula is C18H19N7O2. The van der Waals surface area contributed by atoms with Crippen molar-refractivity contribution in [2.45, 2.75) is 25.2 Å². The first-order valence-electron chi connectivity index (χ1n) is 8.84. The summed E-state index contributed by atoms with van der Waals surface area (Å²) in [6.07, 6.45) is 5.12. The molecule has 1 saturated heterocycles. The van der Waals surface area contributed by atoms with Crippen LogP contribution in [0.25, 0.3) is 5.69 Å². The van der Waals surface area contributed by atoms with E-state index in [4.69, 9.17) is 0 Å². The number of nitrogens with zero attached hydrogens (tertiary/aromatic N) is 6. The summed E-state index contributed by atoms with van der Waals surface area (Å²) in [6, 6.07) is 9.12. The van der Waals surface area contributed by atoms with Crippen LogP contribution in [0.1, 0.15) is 30.0 Å². The van der Waals surface area contributed by atoms with Gasteiger partial charge in [0.25, 0.3) is 5.56 Å². The van der Waals surface area contributed by atoms with Crippen LogP contribution in [0.3, 0.4) is 0 Å². The Labute approximate surface area is 155 Å². The molecule has 4 rings (SSSR count). The second-order valence-corrected chi connectivity index (χ2v) is 6.61. The molecule has 1 amide bonds. The molecule has 9 nitrogen and oxygen atoms in total. The Hall–Kier alpha value is -3.36. The van der Waals surface area contributed by atoms with Gasteiger partial charge in [0.05, 0.1) is 24.1 Å². The monoisotopic (exact) mass is 365 g/mol. The number of aromatic amines is 1. The number of benzene rings is 1. The lowest BCUT2D eigenvalue weighted by Crippen LogP contribution is -2.40. The molecule has 138 valence electrons. The highest BCUT2D eigenvalue weighted by molar-refractivity contribution is 5.79. The van der Waals surface area contributed by atoms with E-state index in [0.29, 0.717) is 13.0 Å². The lowest BCUT2D eigenvalue weighted by atomic mass is 9.94. The molecule has 1 aliphatic rings. The van der Waals surface area contributed by atoms with Crippen LogP contribution >= 0.6 is 0 Å². The summed E-state index contributed by atoms with van der Waals surface area (Å²) < 4.78 is 1.56. The van der Waals surface area contributed by atoms with Gasteiger partial charge in [0, 0.05) is 25.1 Å².